The summed E-state index contributed by atoms with van der Waals surface area (Å²) in [7, 11) is 0. The highest BCUT2D eigenvalue weighted by Crippen LogP contribution is 2.26. The summed E-state index contributed by atoms with van der Waals surface area (Å²) in [4.78, 5) is 4.87. The van der Waals surface area contributed by atoms with Gasteiger partial charge in [0.05, 0.1) is 19.3 Å². The summed E-state index contributed by atoms with van der Waals surface area (Å²) in [6.07, 6.45) is 1.16. The minimum atomic E-state index is -0.000357. The first kappa shape index (κ1) is 12.9. The molecule has 1 aromatic carbocycles. The van der Waals surface area contributed by atoms with Crippen molar-refractivity contribution in [1.82, 2.24) is 4.90 Å². The van der Waals surface area contributed by atoms with Crippen LogP contribution in [0, 0.1) is 0 Å². The average molecular weight is 262 g/mol. The zero-order valence-electron chi connectivity index (χ0n) is 11.3. The zero-order valence-corrected chi connectivity index (χ0v) is 11.3. The van der Waals surface area contributed by atoms with E-state index < -0.39 is 0 Å². The number of morpholine rings is 1. The van der Waals surface area contributed by atoms with E-state index in [0.29, 0.717) is 0 Å². The fourth-order valence-corrected chi connectivity index (χ4v) is 2.99. The maximum absolute atomic E-state index is 9.16. The number of hydrogen-bond acceptors (Lipinski definition) is 4. The highest BCUT2D eigenvalue weighted by molar-refractivity contribution is 5.57. The van der Waals surface area contributed by atoms with Crippen molar-refractivity contribution in [1.29, 1.82) is 0 Å². The van der Waals surface area contributed by atoms with Crippen molar-refractivity contribution in [2.75, 3.05) is 50.8 Å². The molecule has 2 aliphatic heterocycles. The summed E-state index contributed by atoms with van der Waals surface area (Å²) in [6, 6.07) is 8.69. The van der Waals surface area contributed by atoms with Crippen LogP contribution in [0.25, 0.3) is 0 Å². The molecule has 1 fully saturated rings. The minimum absolute atomic E-state index is 0.000357. The summed E-state index contributed by atoms with van der Waals surface area (Å²) >= 11 is 0. The van der Waals surface area contributed by atoms with Gasteiger partial charge in [-0.25, -0.2) is 0 Å². The van der Waals surface area contributed by atoms with Crippen molar-refractivity contribution >= 4 is 5.69 Å². The summed E-state index contributed by atoms with van der Waals surface area (Å²) in [5.41, 5.74) is 2.87. The molecule has 0 unspecified atom stereocenters. The quantitative estimate of drug-likeness (QED) is 0.868. The molecule has 1 saturated heterocycles. The van der Waals surface area contributed by atoms with E-state index in [1.54, 1.807) is 0 Å². The lowest BCUT2D eigenvalue weighted by Crippen LogP contribution is -2.46. The third-order valence-corrected chi connectivity index (χ3v) is 4.10. The van der Waals surface area contributed by atoms with E-state index in [2.05, 4.69) is 34.1 Å². The summed E-state index contributed by atoms with van der Waals surface area (Å²) in [5, 5.41) is 9.16. The Morgan fingerprint density at radius 2 is 2.11 bits per heavy atom. The van der Waals surface area contributed by atoms with Gasteiger partial charge >= 0.3 is 0 Å². The van der Waals surface area contributed by atoms with Crippen LogP contribution in [0.1, 0.15) is 5.56 Å². The molecule has 0 amide bonds. The molecule has 1 atom stereocenters. The molecule has 0 saturated carbocycles. The first-order chi connectivity index (χ1) is 9.36. The lowest BCUT2D eigenvalue weighted by Gasteiger charge is -2.33. The summed E-state index contributed by atoms with van der Waals surface area (Å²) in [5.74, 6) is 0. The number of fused-ring (bicyclic) bond motifs is 1. The molecule has 0 spiro atoms. The standard InChI is InChI=1S/C15H22N2O2/c18-12-14-11-16(9-10-19-14)7-8-17-6-5-13-3-1-2-4-15(13)17/h1-4,14,18H,5-12H2/t14-/m1/s1. The number of anilines is 1. The van der Waals surface area contributed by atoms with E-state index in [1.807, 2.05) is 0 Å². The molecule has 0 radical (unpaired) electrons. The molecule has 1 aromatic rings. The van der Waals surface area contributed by atoms with Crippen LogP contribution < -0.4 is 4.90 Å². The predicted octanol–water partition coefficient (Wildman–Crippen LogP) is 0.742. The fourth-order valence-electron chi connectivity index (χ4n) is 2.99. The summed E-state index contributed by atoms with van der Waals surface area (Å²) < 4.78 is 5.48. The van der Waals surface area contributed by atoms with Crippen LogP contribution in [0.15, 0.2) is 24.3 Å². The van der Waals surface area contributed by atoms with Crippen LogP contribution in [0.5, 0.6) is 0 Å². The first-order valence-electron chi connectivity index (χ1n) is 7.14. The molecular weight excluding hydrogens is 240 g/mol. The van der Waals surface area contributed by atoms with Crippen LogP contribution in [-0.4, -0.2) is 62.0 Å². The molecule has 0 aromatic heterocycles. The second-order valence-corrected chi connectivity index (χ2v) is 5.34. The van der Waals surface area contributed by atoms with Crippen molar-refractivity contribution in [3.63, 3.8) is 0 Å². The summed E-state index contributed by atoms with van der Waals surface area (Å²) in [6.45, 7) is 5.94. The maximum Gasteiger partial charge on any atom is 0.0932 e. The molecule has 0 aliphatic carbocycles. The second kappa shape index (κ2) is 5.90. The minimum Gasteiger partial charge on any atom is -0.394 e. The van der Waals surface area contributed by atoms with E-state index in [4.69, 9.17) is 9.84 Å². The van der Waals surface area contributed by atoms with Crippen LogP contribution >= 0.6 is 0 Å². The van der Waals surface area contributed by atoms with Crippen molar-refractivity contribution in [2.24, 2.45) is 0 Å². The molecule has 104 valence electrons. The number of rotatable bonds is 4. The van der Waals surface area contributed by atoms with Gasteiger partial charge in [-0.3, -0.25) is 4.90 Å². The predicted molar refractivity (Wildman–Crippen MR) is 75.6 cm³/mol. The third kappa shape index (κ3) is 2.91. The number of ether oxygens (including phenoxy) is 1. The Balaban J connectivity index is 1.53. The molecule has 4 heteroatoms. The largest absolute Gasteiger partial charge is 0.394 e. The highest BCUT2D eigenvalue weighted by Gasteiger charge is 2.22. The lowest BCUT2D eigenvalue weighted by atomic mass is 10.2. The van der Waals surface area contributed by atoms with Crippen molar-refractivity contribution in [2.45, 2.75) is 12.5 Å². The highest BCUT2D eigenvalue weighted by atomic mass is 16.5. The van der Waals surface area contributed by atoms with Gasteiger partial charge in [0.25, 0.3) is 0 Å². The zero-order chi connectivity index (χ0) is 13.1. The monoisotopic (exact) mass is 262 g/mol. The van der Waals surface area contributed by atoms with Crippen molar-refractivity contribution < 1.29 is 9.84 Å². The Labute approximate surface area is 114 Å². The molecule has 2 aliphatic rings. The van der Waals surface area contributed by atoms with Gasteiger partial charge < -0.3 is 14.7 Å². The van der Waals surface area contributed by atoms with Crippen LogP contribution in [0.2, 0.25) is 0 Å². The Hall–Kier alpha value is -1.10. The van der Waals surface area contributed by atoms with E-state index in [9.17, 15) is 0 Å². The van der Waals surface area contributed by atoms with E-state index in [0.717, 1.165) is 39.3 Å². The molecule has 19 heavy (non-hydrogen) atoms. The van der Waals surface area contributed by atoms with Gasteiger partial charge in [0, 0.05) is 38.4 Å². The van der Waals surface area contributed by atoms with Gasteiger partial charge in [0.15, 0.2) is 0 Å². The van der Waals surface area contributed by atoms with Gasteiger partial charge in [-0.2, -0.15) is 0 Å². The van der Waals surface area contributed by atoms with E-state index in [1.165, 1.54) is 17.7 Å². The Kier molecular flexibility index (Phi) is 4.01. The first-order valence-corrected chi connectivity index (χ1v) is 7.14. The Bertz CT molecular complexity index is 424. The fraction of sp³-hybridized carbons (Fsp3) is 0.600. The van der Waals surface area contributed by atoms with Crippen molar-refractivity contribution in [3.8, 4) is 0 Å². The smallest absolute Gasteiger partial charge is 0.0932 e. The second-order valence-electron chi connectivity index (χ2n) is 5.34. The molecule has 3 rings (SSSR count). The number of para-hydroxylation sites is 1. The van der Waals surface area contributed by atoms with Gasteiger partial charge in [-0.1, -0.05) is 18.2 Å². The van der Waals surface area contributed by atoms with Crippen molar-refractivity contribution in [3.05, 3.63) is 29.8 Å². The molecule has 2 heterocycles. The van der Waals surface area contributed by atoms with Gasteiger partial charge in [0.1, 0.15) is 0 Å². The van der Waals surface area contributed by atoms with Crippen LogP contribution in [0.3, 0.4) is 0 Å². The number of nitrogens with zero attached hydrogens (tertiary/aromatic N) is 2. The SMILES string of the molecule is OC[C@H]1CN(CCN2CCc3ccccc32)CCO1. The maximum atomic E-state index is 9.16. The van der Waals surface area contributed by atoms with E-state index >= 15 is 0 Å². The van der Waals surface area contributed by atoms with E-state index in [-0.39, 0.29) is 12.7 Å². The Morgan fingerprint density at radius 1 is 1.21 bits per heavy atom. The number of aliphatic hydroxyl groups excluding tert-OH is 1. The molecule has 4 nitrogen and oxygen atoms in total. The molecule has 1 N–H and O–H groups in total. The number of hydrogen-bond donors (Lipinski definition) is 1. The van der Waals surface area contributed by atoms with Gasteiger partial charge in [-0.15, -0.1) is 0 Å². The van der Waals surface area contributed by atoms with Crippen LogP contribution in [-0.2, 0) is 11.2 Å². The molecule has 0 bridgehead atoms. The van der Waals surface area contributed by atoms with Gasteiger partial charge in [-0.05, 0) is 18.1 Å². The topological polar surface area (TPSA) is 35.9 Å². The van der Waals surface area contributed by atoms with Gasteiger partial charge in [0.2, 0.25) is 0 Å². The lowest BCUT2D eigenvalue weighted by molar-refractivity contribution is -0.0518. The van der Waals surface area contributed by atoms with Crippen LogP contribution in [0.4, 0.5) is 5.69 Å². The molecular formula is C15H22N2O2. The number of aliphatic hydroxyl groups is 1. The Morgan fingerprint density at radius 3 is 3.00 bits per heavy atom. The normalized spacial score (nSPS) is 23.6. The number of benzene rings is 1. The third-order valence-electron chi connectivity index (χ3n) is 4.10. The average Bonchev–Trinajstić information content (AvgIpc) is 2.89.